The molecule has 30 heavy (non-hydrogen) atoms. The molecule has 3 aliphatic rings. The van der Waals surface area contributed by atoms with Gasteiger partial charge in [-0.25, -0.2) is 0 Å². The van der Waals surface area contributed by atoms with Crippen molar-refractivity contribution in [3.63, 3.8) is 0 Å². The van der Waals surface area contributed by atoms with Gasteiger partial charge in [0.15, 0.2) is 0 Å². The summed E-state index contributed by atoms with van der Waals surface area (Å²) >= 11 is 0. The fraction of sp³-hybridized carbons (Fsp3) is 0.273. The Morgan fingerprint density at radius 3 is 2.73 bits per heavy atom. The van der Waals surface area contributed by atoms with Gasteiger partial charge in [-0.3, -0.25) is 14.6 Å². The van der Waals surface area contributed by atoms with E-state index in [-0.39, 0.29) is 59.0 Å². The first-order valence-corrected chi connectivity index (χ1v) is 9.56. The number of amides is 2. The number of hydrogen-bond acceptors (Lipinski definition) is 5. The first-order valence-electron chi connectivity index (χ1n) is 9.56. The Bertz CT molecular complexity index is 1140. The largest absolute Gasteiger partial charge is 1.00 e. The van der Waals surface area contributed by atoms with E-state index in [1.54, 1.807) is 17.2 Å². The second-order valence-corrected chi connectivity index (χ2v) is 7.64. The summed E-state index contributed by atoms with van der Waals surface area (Å²) in [7, 11) is 0. The smallest absolute Gasteiger partial charge is 0.543 e. The van der Waals surface area contributed by atoms with Crippen LogP contribution >= 0.6 is 0 Å². The number of carboxylic acids is 1. The molecule has 2 fully saturated rings. The molecule has 4 heterocycles. The summed E-state index contributed by atoms with van der Waals surface area (Å²) < 4.78 is 0. The van der Waals surface area contributed by atoms with Gasteiger partial charge in [0.2, 0.25) is 5.91 Å². The van der Waals surface area contributed by atoms with Crippen molar-refractivity contribution in [3.8, 4) is 0 Å². The van der Waals surface area contributed by atoms with Crippen LogP contribution in [0, 0.1) is 5.92 Å². The number of carbonyl (C=O) groups is 3. The molecular formula is C22H18N3NaO4. The molecule has 1 unspecified atom stereocenters. The molecule has 0 radical (unpaired) electrons. The van der Waals surface area contributed by atoms with Crippen molar-refractivity contribution in [1.29, 1.82) is 0 Å². The maximum absolute atomic E-state index is 12.6. The van der Waals surface area contributed by atoms with Crippen LogP contribution < -0.4 is 34.7 Å². The molecule has 0 spiro atoms. The van der Waals surface area contributed by atoms with Crippen molar-refractivity contribution < 1.29 is 49.0 Å². The number of β-lactam (4-membered cyclic amide) rings is 1. The van der Waals surface area contributed by atoms with E-state index in [0.29, 0.717) is 18.5 Å². The van der Waals surface area contributed by atoms with Crippen LogP contribution in [0.3, 0.4) is 0 Å². The number of para-hydroxylation sites is 1. The maximum Gasteiger partial charge on any atom is 1.00 e. The van der Waals surface area contributed by atoms with Crippen molar-refractivity contribution in [1.82, 2.24) is 14.8 Å². The third-order valence-electron chi connectivity index (χ3n) is 6.12. The van der Waals surface area contributed by atoms with Gasteiger partial charge in [0.25, 0.3) is 5.91 Å². The van der Waals surface area contributed by atoms with Crippen LogP contribution in [-0.4, -0.2) is 51.2 Å². The van der Waals surface area contributed by atoms with E-state index in [9.17, 15) is 19.5 Å². The van der Waals surface area contributed by atoms with E-state index in [0.717, 1.165) is 16.5 Å². The van der Waals surface area contributed by atoms with Crippen molar-refractivity contribution in [2.75, 3.05) is 6.54 Å². The number of piperidine rings is 1. The molecule has 146 valence electrons. The number of rotatable bonds is 3. The van der Waals surface area contributed by atoms with E-state index in [1.165, 1.54) is 11.8 Å². The first-order chi connectivity index (χ1) is 14.0. The average Bonchev–Trinajstić information content (AvgIpc) is 3.04. The molecule has 2 aromatic rings. The number of likely N-dealkylation sites (tertiary alicyclic amines) is 1. The van der Waals surface area contributed by atoms with Gasteiger partial charge in [-0.05, 0) is 29.7 Å². The van der Waals surface area contributed by atoms with Crippen LogP contribution in [0.25, 0.3) is 17.0 Å². The van der Waals surface area contributed by atoms with Gasteiger partial charge in [-0.15, -0.1) is 0 Å². The van der Waals surface area contributed by atoms with Gasteiger partial charge < -0.3 is 19.7 Å². The van der Waals surface area contributed by atoms with Gasteiger partial charge in [0, 0.05) is 31.0 Å². The zero-order chi connectivity index (χ0) is 20.3. The van der Waals surface area contributed by atoms with Gasteiger partial charge >= 0.3 is 29.6 Å². The number of pyridine rings is 1. The Kier molecular flexibility index (Phi) is 5.30. The molecule has 5 rings (SSSR count). The second-order valence-electron chi connectivity index (χ2n) is 7.64. The van der Waals surface area contributed by atoms with E-state index in [1.807, 2.05) is 36.4 Å². The van der Waals surface area contributed by atoms with Gasteiger partial charge in [0.1, 0.15) is 6.04 Å². The molecule has 0 saturated carbocycles. The molecule has 0 bridgehead atoms. The number of aliphatic carboxylic acids is 1. The van der Waals surface area contributed by atoms with Crippen LogP contribution in [0.2, 0.25) is 0 Å². The Morgan fingerprint density at radius 1 is 1.23 bits per heavy atom. The molecule has 1 aromatic carbocycles. The minimum atomic E-state index is -1.36. The first kappa shape index (κ1) is 20.8. The summed E-state index contributed by atoms with van der Waals surface area (Å²) in [4.78, 5) is 43.6. The third kappa shape index (κ3) is 3.00. The second kappa shape index (κ2) is 7.65. The quantitative estimate of drug-likeness (QED) is 0.419. The van der Waals surface area contributed by atoms with Gasteiger partial charge in [-0.2, -0.15) is 0 Å². The number of fused-ring (bicyclic) bond motifs is 1. The van der Waals surface area contributed by atoms with Crippen LogP contribution in [-0.2, 0) is 14.4 Å². The van der Waals surface area contributed by atoms with Gasteiger partial charge in [0.05, 0.1) is 23.2 Å². The Balaban J connectivity index is 0.00000218. The van der Waals surface area contributed by atoms with Crippen molar-refractivity contribution in [3.05, 3.63) is 59.4 Å². The Hall–Kier alpha value is -2.48. The molecule has 0 aliphatic carbocycles. The maximum atomic E-state index is 12.6. The number of hydrogen-bond donors (Lipinski definition) is 0. The predicted molar refractivity (Wildman–Crippen MR) is 103 cm³/mol. The van der Waals surface area contributed by atoms with Crippen LogP contribution in [0.4, 0.5) is 0 Å². The number of allylic oxidation sites excluding steroid dienone is 1. The molecular weight excluding hydrogens is 393 g/mol. The monoisotopic (exact) mass is 411 g/mol. The summed E-state index contributed by atoms with van der Waals surface area (Å²) in [6, 6.07) is 8.84. The minimum absolute atomic E-state index is 0. The zero-order valence-electron chi connectivity index (χ0n) is 16.7. The molecule has 0 N–H and O–H groups in total. The van der Waals surface area contributed by atoms with Crippen LogP contribution in [0.5, 0.6) is 0 Å². The van der Waals surface area contributed by atoms with Crippen molar-refractivity contribution in [2.45, 2.75) is 25.4 Å². The summed E-state index contributed by atoms with van der Waals surface area (Å²) in [5.41, 5.74) is 2.24. The summed E-state index contributed by atoms with van der Waals surface area (Å²) in [5.74, 6) is -1.99. The molecule has 1 aromatic heterocycles. The summed E-state index contributed by atoms with van der Waals surface area (Å²) in [5, 5.41) is 12.8. The standard InChI is InChI=1S/C22H19N3O4.Na/c1-12(26)24-9-8-16-15(19(22(28)29)25-18(16)20(24)21(25)27)7-6-13-10-14-4-2-3-5-17(14)23-11-13;/h2-7,10-11,16,18,20H,8-9H2,1H3,(H,28,29);/q;+1/p-1/b7-6+;/t16?,18-,20+;/m1./s1. The number of benzene rings is 1. The number of carboxylic acid groups (broad SMARTS) is 1. The van der Waals surface area contributed by atoms with E-state index >= 15 is 0 Å². The number of carbonyl (C=O) groups excluding carboxylic acids is 3. The molecule has 7 nitrogen and oxygen atoms in total. The van der Waals surface area contributed by atoms with E-state index in [4.69, 9.17) is 0 Å². The molecule has 2 amide bonds. The third-order valence-corrected chi connectivity index (χ3v) is 6.12. The van der Waals surface area contributed by atoms with Crippen molar-refractivity contribution >= 4 is 34.8 Å². The van der Waals surface area contributed by atoms with E-state index in [2.05, 4.69) is 4.98 Å². The molecule has 2 saturated heterocycles. The summed E-state index contributed by atoms with van der Waals surface area (Å²) in [6.45, 7) is 1.88. The zero-order valence-corrected chi connectivity index (χ0v) is 18.7. The molecule has 3 atom stereocenters. The topological polar surface area (TPSA) is 93.6 Å². The predicted octanol–water partition coefficient (Wildman–Crippen LogP) is -2.28. The fourth-order valence-electron chi connectivity index (χ4n) is 4.85. The van der Waals surface area contributed by atoms with Gasteiger partial charge in [-0.1, -0.05) is 30.4 Å². The van der Waals surface area contributed by atoms with Crippen molar-refractivity contribution in [2.24, 2.45) is 5.92 Å². The average molecular weight is 411 g/mol. The Labute approximate surface area is 195 Å². The SMILES string of the molecule is CC(=O)N1CCC2C(/C=C/c3cnc4ccccc4c3)=C(C(=O)[O-])N3C(=O)[C@@H]1[C@@H]23.[Na+]. The summed E-state index contributed by atoms with van der Waals surface area (Å²) in [6.07, 6.45) is 5.92. The van der Waals surface area contributed by atoms with E-state index < -0.39 is 12.0 Å². The molecule has 8 heteroatoms. The van der Waals surface area contributed by atoms with Crippen LogP contribution in [0.15, 0.2) is 53.9 Å². The molecule has 3 aliphatic heterocycles. The Morgan fingerprint density at radius 2 is 2.00 bits per heavy atom. The number of nitrogens with zero attached hydrogens (tertiary/aromatic N) is 3. The fourth-order valence-corrected chi connectivity index (χ4v) is 4.85. The minimum Gasteiger partial charge on any atom is -0.543 e. The van der Waals surface area contributed by atoms with Crippen LogP contribution in [0.1, 0.15) is 18.9 Å². The normalized spacial score (nSPS) is 24.7. The number of aromatic nitrogens is 1.